The van der Waals surface area contributed by atoms with Gasteiger partial charge >= 0.3 is 0 Å². The fourth-order valence-electron chi connectivity index (χ4n) is 4.95. The van der Waals surface area contributed by atoms with E-state index in [1.165, 1.54) is 12.5 Å². The van der Waals surface area contributed by atoms with Crippen LogP contribution in [0.5, 0.6) is 11.5 Å². The Hall–Kier alpha value is -3.43. The summed E-state index contributed by atoms with van der Waals surface area (Å²) in [7, 11) is 5.12. The van der Waals surface area contributed by atoms with Gasteiger partial charge in [0.25, 0.3) is 0 Å². The van der Waals surface area contributed by atoms with E-state index >= 15 is 0 Å². The molecule has 35 heavy (non-hydrogen) atoms. The molecule has 1 aliphatic rings. The number of nitrogen functional groups attached to an aromatic ring is 1. The number of ketones is 1. The average molecular weight is 480 g/mol. The standard InChI is InChI=1S/C26H33N5O4/c1-17(32)24(33)31-12-10-26(11-13-31,18-8-6-5-7-9-18)16-30(2)25-28-20-15-22(35-4)21(34-3)14-19(20)23(27)29-25/h5-9,14-15,24,33H,10-13,16H2,1-4H3,(H2,27,28,29). The highest BCUT2D eigenvalue weighted by Gasteiger charge is 2.39. The summed E-state index contributed by atoms with van der Waals surface area (Å²) in [6, 6.07) is 13.9. The van der Waals surface area contributed by atoms with Crippen molar-refractivity contribution >= 4 is 28.5 Å². The Balaban J connectivity index is 1.66. The Bertz CT molecular complexity index is 1200. The molecule has 2 aromatic carbocycles. The lowest BCUT2D eigenvalue weighted by atomic mass is 9.72. The number of benzene rings is 2. The van der Waals surface area contributed by atoms with Crippen molar-refractivity contribution in [1.82, 2.24) is 14.9 Å². The Kier molecular flexibility index (Phi) is 7.09. The molecule has 1 atom stereocenters. The number of anilines is 2. The number of aliphatic hydroxyl groups excluding tert-OH is 1. The number of fused-ring (bicyclic) bond motifs is 1. The highest BCUT2D eigenvalue weighted by Crippen LogP contribution is 2.38. The van der Waals surface area contributed by atoms with Crippen LogP contribution in [0.25, 0.3) is 10.9 Å². The fraction of sp³-hybridized carbons (Fsp3) is 0.423. The minimum absolute atomic E-state index is 0.201. The summed E-state index contributed by atoms with van der Waals surface area (Å²) in [5.74, 6) is 1.79. The van der Waals surface area contributed by atoms with Gasteiger partial charge in [0, 0.05) is 43.5 Å². The van der Waals surface area contributed by atoms with Gasteiger partial charge in [-0.1, -0.05) is 30.3 Å². The monoisotopic (exact) mass is 479 g/mol. The molecule has 0 bridgehead atoms. The van der Waals surface area contributed by atoms with Crippen LogP contribution < -0.4 is 20.1 Å². The van der Waals surface area contributed by atoms with Gasteiger partial charge in [-0.25, -0.2) is 4.98 Å². The molecule has 1 saturated heterocycles. The van der Waals surface area contributed by atoms with Gasteiger partial charge in [-0.2, -0.15) is 4.98 Å². The largest absolute Gasteiger partial charge is 0.493 e. The number of carbonyl (C=O) groups is 1. The minimum atomic E-state index is -1.06. The number of likely N-dealkylation sites (tertiary alicyclic amines) is 1. The molecule has 1 unspecified atom stereocenters. The molecule has 2 heterocycles. The van der Waals surface area contributed by atoms with Gasteiger partial charge in [-0.05, 0) is 31.4 Å². The van der Waals surface area contributed by atoms with Crippen molar-refractivity contribution < 1.29 is 19.4 Å². The van der Waals surface area contributed by atoms with Crippen LogP contribution in [0, 0.1) is 0 Å². The molecule has 0 spiro atoms. The summed E-state index contributed by atoms with van der Waals surface area (Å²) in [4.78, 5) is 25.0. The molecule has 0 radical (unpaired) electrons. The molecular weight excluding hydrogens is 446 g/mol. The van der Waals surface area contributed by atoms with Crippen molar-refractivity contribution in [2.24, 2.45) is 0 Å². The average Bonchev–Trinajstić information content (AvgIpc) is 2.88. The van der Waals surface area contributed by atoms with Crippen LogP contribution in [0.1, 0.15) is 25.3 Å². The van der Waals surface area contributed by atoms with E-state index in [2.05, 4.69) is 17.1 Å². The number of aromatic nitrogens is 2. The molecule has 4 rings (SSSR count). The number of nitrogens with two attached hydrogens (primary N) is 1. The number of nitrogens with zero attached hydrogens (tertiary/aromatic N) is 4. The first-order valence-corrected chi connectivity index (χ1v) is 11.7. The Labute approximate surface area is 205 Å². The predicted octanol–water partition coefficient (Wildman–Crippen LogP) is 2.61. The molecule has 186 valence electrons. The zero-order valence-corrected chi connectivity index (χ0v) is 20.7. The lowest BCUT2D eigenvalue weighted by molar-refractivity contribution is -0.136. The first kappa shape index (κ1) is 24.7. The third-order valence-electron chi connectivity index (χ3n) is 6.95. The van der Waals surface area contributed by atoms with Crippen molar-refractivity contribution in [2.45, 2.75) is 31.4 Å². The van der Waals surface area contributed by atoms with E-state index < -0.39 is 6.23 Å². The smallest absolute Gasteiger partial charge is 0.227 e. The van der Waals surface area contributed by atoms with Crippen LogP contribution in [-0.4, -0.2) is 72.9 Å². The number of ether oxygens (including phenoxy) is 2. The Morgan fingerprint density at radius 1 is 1.14 bits per heavy atom. The number of Topliss-reactive ketones (excluding diaryl/α,β-unsaturated/α-hetero) is 1. The zero-order chi connectivity index (χ0) is 25.2. The van der Waals surface area contributed by atoms with Gasteiger partial charge < -0.3 is 25.2 Å². The van der Waals surface area contributed by atoms with Crippen LogP contribution in [0.15, 0.2) is 42.5 Å². The van der Waals surface area contributed by atoms with Gasteiger partial charge in [0.2, 0.25) is 5.95 Å². The van der Waals surface area contributed by atoms with Gasteiger partial charge in [-0.15, -0.1) is 0 Å². The SMILES string of the molecule is COc1cc2nc(N(C)CC3(c4ccccc4)CCN(C(O)C(C)=O)CC3)nc(N)c2cc1OC. The molecule has 3 N–H and O–H groups in total. The molecule has 1 fully saturated rings. The zero-order valence-electron chi connectivity index (χ0n) is 20.7. The number of rotatable bonds is 8. The lowest BCUT2D eigenvalue weighted by Gasteiger charge is -2.45. The number of hydrogen-bond donors (Lipinski definition) is 2. The molecule has 0 saturated carbocycles. The van der Waals surface area contributed by atoms with Crippen molar-refractivity contribution in [2.75, 3.05) is 51.5 Å². The topological polar surface area (TPSA) is 114 Å². The third kappa shape index (κ3) is 4.87. The number of methoxy groups -OCH3 is 2. The van der Waals surface area contributed by atoms with Crippen molar-refractivity contribution in [1.29, 1.82) is 0 Å². The minimum Gasteiger partial charge on any atom is -0.493 e. The third-order valence-corrected chi connectivity index (χ3v) is 6.95. The van der Waals surface area contributed by atoms with Gasteiger partial charge in [0.05, 0.1) is 19.7 Å². The van der Waals surface area contributed by atoms with E-state index in [-0.39, 0.29) is 11.2 Å². The lowest BCUT2D eigenvalue weighted by Crippen LogP contribution is -2.52. The summed E-state index contributed by atoms with van der Waals surface area (Å²) in [6.45, 7) is 3.30. The van der Waals surface area contributed by atoms with Gasteiger partial charge in [0.1, 0.15) is 5.82 Å². The second kappa shape index (κ2) is 10.1. The number of hydrogen-bond acceptors (Lipinski definition) is 9. The quantitative estimate of drug-likeness (QED) is 0.503. The maximum absolute atomic E-state index is 11.7. The first-order chi connectivity index (χ1) is 16.8. The second-order valence-corrected chi connectivity index (χ2v) is 9.16. The molecule has 0 amide bonds. The van der Waals surface area contributed by atoms with Gasteiger partial charge in [-0.3, -0.25) is 9.69 Å². The molecular formula is C26H33N5O4. The second-order valence-electron chi connectivity index (χ2n) is 9.16. The van der Waals surface area contributed by atoms with E-state index in [1.807, 2.05) is 35.0 Å². The van der Waals surface area contributed by atoms with Crippen LogP contribution >= 0.6 is 0 Å². The van der Waals surface area contributed by atoms with Crippen molar-refractivity contribution in [3.05, 3.63) is 48.0 Å². The maximum Gasteiger partial charge on any atom is 0.227 e. The molecule has 1 aromatic heterocycles. The van der Waals surface area contributed by atoms with Crippen LogP contribution in [0.3, 0.4) is 0 Å². The normalized spacial score (nSPS) is 16.6. The molecule has 9 nitrogen and oxygen atoms in total. The maximum atomic E-state index is 11.7. The van der Waals surface area contributed by atoms with Crippen molar-refractivity contribution in [3.8, 4) is 11.5 Å². The van der Waals surface area contributed by atoms with E-state index in [9.17, 15) is 9.90 Å². The Morgan fingerprint density at radius 3 is 2.37 bits per heavy atom. The van der Waals surface area contributed by atoms with E-state index in [0.29, 0.717) is 53.8 Å². The highest BCUT2D eigenvalue weighted by atomic mass is 16.5. The summed E-state index contributed by atoms with van der Waals surface area (Å²) >= 11 is 0. The van der Waals surface area contributed by atoms with E-state index in [0.717, 1.165) is 12.8 Å². The van der Waals surface area contributed by atoms with Gasteiger partial charge in [0.15, 0.2) is 23.5 Å². The predicted molar refractivity (Wildman–Crippen MR) is 136 cm³/mol. The Morgan fingerprint density at radius 2 is 1.77 bits per heavy atom. The first-order valence-electron chi connectivity index (χ1n) is 11.7. The number of likely N-dealkylation sites (N-methyl/N-ethyl adjacent to an activating group) is 1. The molecule has 9 heteroatoms. The van der Waals surface area contributed by atoms with E-state index in [4.69, 9.17) is 20.2 Å². The highest BCUT2D eigenvalue weighted by molar-refractivity contribution is 5.91. The van der Waals surface area contributed by atoms with Crippen LogP contribution in [0.2, 0.25) is 0 Å². The molecule has 1 aliphatic heterocycles. The summed E-state index contributed by atoms with van der Waals surface area (Å²) in [5, 5.41) is 11.0. The number of aliphatic hydroxyl groups is 1. The van der Waals surface area contributed by atoms with Crippen LogP contribution in [0.4, 0.5) is 11.8 Å². The fourth-order valence-corrected chi connectivity index (χ4v) is 4.95. The summed E-state index contributed by atoms with van der Waals surface area (Å²) < 4.78 is 10.8. The number of piperidine rings is 1. The van der Waals surface area contributed by atoms with Crippen LogP contribution in [-0.2, 0) is 10.2 Å². The molecule has 0 aliphatic carbocycles. The molecule has 3 aromatic rings. The number of carbonyl (C=O) groups excluding carboxylic acids is 1. The summed E-state index contributed by atoms with van der Waals surface area (Å²) in [6.07, 6.45) is 0.497. The van der Waals surface area contributed by atoms with E-state index in [1.54, 1.807) is 26.4 Å². The van der Waals surface area contributed by atoms with Crippen molar-refractivity contribution in [3.63, 3.8) is 0 Å². The summed E-state index contributed by atoms with van der Waals surface area (Å²) in [5.41, 5.74) is 8.01.